The second-order valence-corrected chi connectivity index (χ2v) is 5.75. The first-order valence-corrected chi connectivity index (χ1v) is 6.26. The third kappa shape index (κ3) is 2.51. The van der Waals surface area contributed by atoms with Crippen molar-refractivity contribution >= 4 is 28.1 Å². The Labute approximate surface area is 87.1 Å². The van der Waals surface area contributed by atoms with Gasteiger partial charge in [-0.1, -0.05) is 0 Å². The molecule has 0 fully saturated rings. The van der Waals surface area contributed by atoms with E-state index in [9.17, 15) is 0 Å². The predicted molar refractivity (Wildman–Crippen MR) is 53.5 cm³/mol. The topological polar surface area (TPSA) is 25.8 Å². The van der Waals surface area contributed by atoms with Crippen molar-refractivity contribution in [3.8, 4) is 0 Å². The van der Waals surface area contributed by atoms with Crippen LogP contribution in [0.4, 0.5) is 0 Å². The molecule has 0 spiro atoms. The van der Waals surface area contributed by atoms with Crippen LogP contribution in [0.25, 0.3) is 0 Å². The molecule has 2 aromatic rings. The van der Waals surface area contributed by atoms with Crippen LogP contribution in [0.15, 0.2) is 49.1 Å². The fraction of sp³-hybridized carbons (Fsp3) is 0. The van der Waals surface area contributed by atoms with E-state index in [1.807, 2.05) is 24.5 Å². The van der Waals surface area contributed by atoms with Gasteiger partial charge < -0.3 is 0 Å². The molecule has 13 heavy (non-hydrogen) atoms. The van der Waals surface area contributed by atoms with Gasteiger partial charge in [-0.15, -0.1) is 0 Å². The number of pyridine rings is 2. The van der Waals surface area contributed by atoms with Crippen LogP contribution in [0.3, 0.4) is 0 Å². The molecule has 2 rings (SSSR count). The summed E-state index contributed by atoms with van der Waals surface area (Å²) in [6, 6.07) is 8.22. The summed E-state index contributed by atoms with van der Waals surface area (Å²) in [5.74, 6) is 0. The number of nitrogens with zero attached hydrogens (tertiary/aromatic N) is 2. The summed E-state index contributed by atoms with van der Waals surface area (Å²) in [5, 5.41) is 0. The molecule has 2 aromatic heterocycles. The van der Waals surface area contributed by atoms with Crippen molar-refractivity contribution in [2.24, 2.45) is 0 Å². The molecular formula is C10H8N2Te. The van der Waals surface area contributed by atoms with Gasteiger partial charge in [0.25, 0.3) is 0 Å². The predicted octanol–water partition coefficient (Wildman–Crippen LogP) is 0.132. The third-order valence-corrected chi connectivity index (χ3v) is 4.23. The molecule has 0 unspecified atom stereocenters. The summed E-state index contributed by atoms with van der Waals surface area (Å²) in [6.07, 6.45) is 7.49. The van der Waals surface area contributed by atoms with E-state index in [1.54, 1.807) is 12.4 Å². The Kier molecular flexibility index (Phi) is 2.91. The van der Waals surface area contributed by atoms with Crippen molar-refractivity contribution < 1.29 is 0 Å². The average Bonchev–Trinajstić information content (AvgIpc) is 2.21. The Hall–Kier alpha value is -0.910. The van der Waals surface area contributed by atoms with Gasteiger partial charge in [0, 0.05) is 0 Å². The van der Waals surface area contributed by atoms with Crippen molar-refractivity contribution in [2.45, 2.75) is 0 Å². The first kappa shape index (κ1) is 8.68. The zero-order valence-electron chi connectivity index (χ0n) is 6.92. The molecule has 2 nitrogen and oxygen atoms in total. The summed E-state index contributed by atoms with van der Waals surface area (Å²) >= 11 is -0.278. The molecule has 0 aliphatic carbocycles. The number of hydrogen-bond donors (Lipinski definition) is 0. The van der Waals surface area contributed by atoms with Gasteiger partial charge in [0.1, 0.15) is 0 Å². The van der Waals surface area contributed by atoms with Crippen LogP contribution < -0.4 is 7.22 Å². The standard InChI is InChI=1S/C10H8N2Te/c1-3-9(7-11-5-1)13-10-4-2-6-12-8-10/h1-8H. The van der Waals surface area contributed by atoms with Crippen LogP contribution >= 0.6 is 0 Å². The van der Waals surface area contributed by atoms with Crippen molar-refractivity contribution in [2.75, 3.05) is 0 Å². The fourth-order valence-corrected chi connectivity index (χ4v) is 3.21. The molecule has 0 amide bonds. The van der Waals surface area contributed by atoms with Gasteiger partial charge in [-0.3, -0.25) is 0 Å². The van der Waals surface area contributed by atoms with Gasteiger partial charge in [-0.2, -0.15) is 0 Å². The molecule has 3 heteroatoms. The van der Waals surface area contributed by atoms with Crippen LogP contribution in [0.1, 0.15) is 0 Å². The zero-order valence-corrected chi connectivity index (χ0v) is 9.25. The van der Waals surface area contributed by atoms with Crippen molar-refractivity contribution in [1.82, 2.24) is 9.97 Å². The van der Waals surface area contributed by atoms with Gasteiger partial charge in [-0.05, 0) is 0 Å². The maximum atomic E-state index is 4.09. The van der Waals surface area contributed by atoms with Crippen LogP contribution in [-0.4, -0.2) is 30.9 Å². The van der Waals surface area contributed by atoms with E-state index in [1.165, 1.54) is 7.22 Å². The van der Waals surface area contributed by atoms with Crippen LogP contribution in [-0.2, 0) is 0 Å². The second-order valence-electron chi connectivity index (χ2n) is 2.48. The maximum absolute atomic E-state index is 4.09. The molecular weight excluding hydrogens is 276 g/mol. The van der Waals surface area contributed by atoms with E-state index in [-0.39, 0.29) is 20.9 Å². The second kappa shape index (κ2) is 4.36. The Bertz CT molecular complexity index is 324. The molecule has 0 radical (unpaired) electrons. The van der Waals surface area contributed by atoms with Crippen LogP contribution in [0, 0.1) is 0 Å². The zero-order chi connectivity index (χ0) is 8.93. The Balaban J connectivity index is 2.16. The molecule has 0 aromatic carbocycles. The molecule has 0 aliphatic heterocycles. The first-order valence-electron chi connectivity index (χ1n) is 3.93. The average molecular weight is 284 g/mol. The molecule has 0 saturated carbocycles. The molecule has 0 bridgehead atoms. The summed E-state index contributed by atoms with van der Waals surface area (Å²) in [5.41, 5.74) is 0. The molecule has 0 aliphatic rings. The summed E-state index contributed by atoms with van der Waals surface area (Å²) in [6.45, 7) is 0. The quantitative estimate of drug-likeness (QED) is 0.733. The normalized spacial score (nSPS) is 9.85. The minimum atomic E-state index is -0.278. The number of aromatic nitrogens is 2. The SMILES string of the molecule is c1cncc([Te]c2cccnc2)c1. The van der Waals surface area contributed by atoms with Gasteiger partial charge in [-0.25, -0.2) is 0 Å². The Morgan fingerprint density at radius 1 is 0.846 bits per heavy atom. The summed E-state index contributed by atoms with van der Waals surface area (Å²) in [4.78, 5) is 8.19. The van der Waals surface area contributed by atoms with Gasteiger partial charge in [0.05, 0.1) is 0 Å². The van der Waals surface area contributed by atoms with Crippen molar-refractivity contribution in [3.63, 3.8) is 0 Å². The van der Waals surface area contributed by atoms with E-state index in [0.717, 1.165) is 0 Å². The van der Waals surface area contributed by atoms with Crippen LogP contribution in [0.2, 0.25) is 0 Å². The summed E-state index contributed by atoms with van der Waals surface area (Å²) in [7, 11) is 0. The van der Waals surface area contributed by atoms with Gasteiger partial charge in [0.15, 0.2) is 0 Å². The van der Waals surface area contributed by atoms with Crippen molar-refractivity contribution in [1.29, 1.82) is 0 Å². The van der Waals surface area contributed by atoms with Crippen LogP contribution in [0.5, 0.6) is 0 Å². The van der Waals surface area contributed by atoms with E-state index in [2.05, 4.69) is 22.1 Å². The molecule has 2 heterocycles. The first-order chi connectivity index (χ1) is 6.45. The molecule has 0 saturated heterocycles. The van der Waals surface area contributed by atoms with E-state index >= 15 is 0 Å². The molecule has 64 valence electrons. The minimum absolute atomic E-state index is 0.278. The fourth-order valence-electron chi connectivity index (χ4n) is 0.951. The van der Waals surface area contributed by atoms with Gasteiger partial charge >= 0.3 is 87.2 Å². The third-order valence-electron chi connectivity index (χ3n) is 1.50. The van der Waals surface area contributed by atoms with Crippen molar-refractivity contribution in [3.05, 3.63) is 49.1 Å². The Morgan fingerprint density at radius 3 is 1.77 bits per heavy atom. The molecule has 0 atom stereocenters. The van der Waals surface area contributed by atoms with E-state index < -0.39 is 0 Å². The monoisotopic (exact) mass is 286 g/mol. The summed E-state index contributed by atoms with van der Waals surface area (Å²) < 4.78 is 2.70. The molecule has 0 N–H and O–H groups in total. The Morgan fingerprint density at radius 2 is 1.38 bits per heavy atom. The number of rotatable bonds is 2. The van der Waals surface area contributed by atoms with Gasteiger partial charge in [0.2, 0.25) is 0 Å². The van der Waals surface area contributed by atoms with E-state index in [4.69, 9.17) is 0 Å². The van der Waals surface area contributed by atoms with E-state index in [0.29, 0.717) is 0 Å². The number of hydrogen-bond acceptors (Lipinski definition) is 2.